The standard InChI is InChI=1S/C20H16F6O3S/c1-4-29-18(27)11(2)12-9-10-15(30-14-8-6-5-7-13(14)28-3)17(20(24,25)26)16(12)19(21,22)23/h5-10H,2,4H2,1,3H3. The molecule has 2 aromatic carbocycles. The highest BCUT2D eigenvalue weighted by atomic mass is 32.2. The fourth-order valence-electron chi connectivity index (χ4n) is 2.65. The summed E-state index contributed by atoms with van der Waals surface area (Å²) in [5, 5.41) is 0. The van der Waals surface area contributed by atoms with Gasteiger partial charge in [0.2, 0.25) is 0 Å². The smallest absolute Gasteiger partial charge is 0.418 e. The first-order valence-electron chi connectivity index (χ1n) is 8.40. The van der Waals surface area contributed by atoms with Gasteiger partial charge in [-0.25, -0.2) is 4.79 Å². The lowest BCUT2D eigenvalue weighted by Crippen LogP contribution is -2.21. The van der Waals surface area contributed by atoms with Crippen LogP contribution >= 0.6 is 11.8 Å². The number of carbonyl (C=O) groups excluding carboxylic acids is 1. The quantitative estimate of drug-likeness (QED) is 0.288. The average molecular weight is 450 g/mol. The number of carbonyl (C=O) groups is 1. The van der Waals surface area contributed by atoms with Gasteiger partial charge in [0, 0.05) is 10.5 Å². The Balaban J connectivity index is 2.77. The van der Waals surface area contributed by atoms with Crippen LogP contribution in [0, 0.1) is 0 Å². The van der Waals surface area contributed by atoms with Crippen molar-refractivity contribution in [3.05, 3.63) is 59.7 Å². The van der Waals surface area contributed by atoms with E-state index in [2.05, 4.69) is 11.3 Å². The van der Waals surface area contributed by atoms with Crippen LogP contribution < -0.4 is 4.74 Å². The van der Waals surface area contributed by atoms with Crippen LogP contribution in [0.25, 0.3) is 5.57 Å². The summed E-state index contributed by atoms with van der Waals surface area (Å²) < 4.78 is 92.5. The van der Waals surface area contributed by atoms with Crippen molar-refractivity contribution in [1.29, 1.82) is 0 Å². The topological polar surface area (TPSA) is 35.5 Å². The molecule has 0 aliphatic carbocycles. The van der Waals surface area contributed by atoms with Crippen molar-refractivity contribution in [3.8, 4) is 5.75 Å². The number of hydrogen-bond acceptors (Lipinski definition) is 4. The van der Waals surface area contributed by atoms with E-state index in [0.29, 0.717) is 11.8 Å². The molecule has 0 heterocycles. The molecular formula is C20H16F6O3S. The molecule has 0 aromatic heterocycles. The molecule has 162 valence electrons. The maximum absolute atomic E-state index is 13.8. The minimum Gasteiger partial charge on any atom is -0.496 e. The van der Waals surface area contributed by atoms with Crippen molar-refractivity contribution in [2.24, 2.45) is 0 Å². The van der Waals surface area contributed by atoms with Crippen LogP contribution in [0.5, 0.6) is 5.75 Å². The second-order valence-corrected chi connectivity index (χ2v) is 6.89. The first-order valence-corrected chi connectivity index (χ1v) is 9.22. The number of ether oxygens (including phenoxy) is 2. The third kappa shape index (κ3) is 5.10. The highest BCUT2D eigenvalue weighted by Crippen LogP contribution is 2.49. The minimum atomic E-state index is -5.41. The van der Waals surface area contributed by atoms with Gasteiger partial charge in [0.15, 0.2) is 0 Å². The van der Waals surface area contributed by atoms with Gasteiger partial charge in [-0.3, -0.25) is 0 Å². The Morgan fingerprint density at radius 1 is 0.967 bits per heavy atom. The largest absolute Gasteiger partial charge is 0.496 e. The normalized spacial score (nSPS) is 11.9. The average Bonchev–Trinajstić information content (AvgIpc) is 2.66. The molecule has 3 nitrogen and oxygen atoms in total. The Kier molecular flexibility index (Phi) is 7.12. The number of benzene rings is 2. The zero-order valence-corrected chi connectivity index (χ0v) is 16.6. The van der Waals surface area contributed by atoms with Gasteiger partial charge in [-0.1, -0.05) is 36.5 Å². The third-order valence-electron chi connectivity index (χ3n) is 3.87. The van der Waals surface area contributed by atoms with Gasteiger partial charge in [-0.2, -0.15) is 26.3 Å². The molecule has 0 radical (unpaired) electrons. The summed E-state index contributed by atoms with van der Waals surface area (Å²) in [7, 11) is 1.29. The Hall–Kier alpha value is -2.62. The summed E-state index contributed by atoms with van der Waals surface area (Å²) in [5.41, 5.74) is -5.71. The fraction of sp³-hybridized carbons (Fsp3) is 0.250. The van der Waals surface area contributed by atoms with Gasteiger partial charge in [0.25, 0.3) is 0 Å². The molecule has 0 bridgehead atoms. The molecule has 10 heteroatoms. The lowest BCUT2D eigenvalue weighted by atomic mass is 9.95. The van der Waals surface area contributed by atoms with Crippen LogP contribution in [-0.4, -0.2) is 19.7 Å². The summed E-state index contributed by atoms with van der Waals surface area (Å²) in [5.74, 6) is -1.04. The molecule has 0 atom stereocenters. The molecule has 0 amide bonds. The summed E-state index contributed by atoms with van der Waals surface area (Å²) in [6.45, 7) is 4.45. The molecule has 0 N–H and O–H groups in total. The van der Waals surface area contributed by atoms with Crippen molar-refractivity contribution in [2.45, 2.75) is 29.1 Å². The molecular weight excluding hydrogens is 434 g/mol. The molecule has 0 saturated heterocycles. The predicted octanol–water partition coefficient (Wildman–Crippen LogP) is 6.46. The predicted molar refractivity (Wildman–Crippen MR) is 99.2 cm³/mol. The molecule has 0 saturated carbocycles. The number of halogens is 6. The van der Waals surface area contributed by atoms with Crippen LogP contribution in [0.15, 0.2) is 52.8 Å². The van der Waals surface area contributed by atoms with Gasteiger partial charge >= 0.3 is 18.3 Å². The van der Waals surface area contributed by atoms with Crippen LogP contribution in [-0.2, 0) is 21.9 Å². The Morgan fingerprint density at radius 2 is 1.57 bits per heavy atom. The maximum atomic E-state index is 13.8. The number of hydrogen-bond donors (Lipinski definition) is 0. The first-order chi connectivity index (χ1) is 13.9. The van der Waals surface area contributed by atoms with E-state index in [0.717, 1.165) is 12.1 Å². The number of methoxy groups -OCH3 is 1. The van der Waals surface area contributed by atoms with Crippen LogP contribution in [0.2, 0.25) is 0 Å². The second-order valence-electron chi connectivity index (χ2n) is 5.81. The number of esters is 1. The lowest BCUT2D eigenvalue weighted by molar-refractivity contribution is -0.163. The molecule has 2 aromatic rings. The summed E-state index contributed by atoms with van der Waals surface area (Å²) in [4.78, 5) is 11.3. The van der Waals surface area contributed by atoms with Crippen LogP contribution in [0.4, 0.5) is 26.3 Å². The monoisotopic (exact) mass is 450 g/mol. The molecule has 30 heavy (non-hydrogen) atoms. The fourth-order valence-corrected chi connectivity index (χ4v) is 3.74. The van der Waals surface area contributed by atoms with Crippen LogP contribution in [0.3, 0.4) is 0 Å². The maximum Gasteiger partial charge on any atom is 0.418 e. The van der Waals surface area contributed by atoms with Crippen molar-refractivity contribution >= 4 is 23.3 Å². The van der Waals surface area contributed by atoms with Crippen molar-refractivity contribution in [2.75, 3.05) is 13.7 Å². The number of para-hydroxylation sites is 1. The number of rotatable bonds is 6. The summed E-state index contributed by atoms with van der Waals surface area (Å²) in [6, 6.07) is 7.63. The second kappa shape index (κ2) is 9.03. The molecule has 0 aliphatic rings. The van der Waals surface area contributed by atoms with E-state index in [4.69, 9.17) is 4.74 Å². The molecule has 0 unspecified atom stereocenters. The van der Waals surface area contributed by atoms with Gasteiger partial charge in [0.05, 0.1) is 35.3 Å². The minimum absolute atomic E-state index is 0.174. The van der Waals surface area contributed by atoms with Gasteiger partial charge in [0.1, 0.15) is 5.75 Å². The van der Waals surface area contributed by atoms with Gasteiger partial charge in [-0.05, 0) is 25.1 Å². The van der Waals surface area contributed by atoms with E-state index in [-0.39, 0.29) is 17.3 Å². The van der Waals surface area contributed by atoms with E-state index >= 15 is 0 Å². The zero-order valence-electron chi connectivity index (χ0n) is 15.8. The highest BCUT2D eigenvalue weighted by Gasteiger charge is 2.47. The summed E-state index contributed by atoms with van der Waals surface area (Å²) >= 11 is 0.471. The lowest BCUT2D eigenvalue weighted by Gasteiger charge is -2.23. The first kappa shape index (κ1) is 23.7. The molecule has 0 fully saturated rings. The van der Waals surface area contributed by atoms with Crippen molar-refractivity contribution in [3.63, 3.8) is 0 Å². The number of alkyl halides is 6. The third-order valence-corrected chi connectivity index (χ3v) is 4.99. The molecule has 2 rings (SSSR count). The Labute approximate surface area is 172 Å². The Morgan fingerprint density at radius 3 is 2.10 bits per heavy atom. The van der Waals surface area contributed by atoms with E-state index in [1.807, 2.05) is 0 Å². The molecule has 0 spiro atoms. The van der Waals surface area contributed by atoms with Gasteiger partial charge < -0.3 is 9.47 Å². The van der Waals surface area contributed by atoms with E-state index < -0.39 is 45.5 Å². The van der Waals surface area contributed by atoms with Crippen molar-refractivity contribution < 1.29 is 40.6 Å². The van der Waals surface area contributed by atoms with Crippen LogP contribution in [0.1, 0.15) is 23.6 Å². The SMILES string of the molecule is C=C(C(=O)OCC)c1ccc(Sc2ccccc2OC)c(C(F)(F)F)c1C(F)(F)F. The molecule has 0 aliphatic heterocycles. The Bertz CT molecular complexity index is 951. The van der Waals surface area contributed by atoms with E-state index in [9.17, 15) is 31.1 Å². The van der Waals surface area contributed by atoms with E-state index in [1.165, 1.54) is 32.2 Å². The van der Waals surface area contributed by atoms with Crippen molar-refractivity contribution in [1.82, 2.24) is 0 Å². The summed E-state index contributed by atoms with van der Waals surface area (Å²) in [6.07, 6.45) is -10.8. The zero-order chi connectivity index (χ0) is 22.7. The van der Waals surface area contributed by atoms with Gasteiger partial charge in [-0.15, -0.1) is 0 Å². The highest BCUT2D eigenvalue weighted by molar-refractivity contribution is 7.99. The van der Waals surface area contributed by atoms with E-state index in [1.54, 1.807) is 6.07 Å².